The van der Waals surface area contributed by atoms with E-state index in [1.807, 2.05) is 0 Å². The number of thiophene rings is 1. The first-order valence-electron chi connectivity index (χ1n) is 13.0. The van der Waals surface area contributed by atoms with Gasteiger partial charge >= 0.3 is 0 Å². The molecule has 5 nitrogen and oxygen atoms in total. The molecule has 36 heavy (non-hydrogen) atoms. The number of rotatable bonds is 5. The van der Waals surface area contributed by atoms with Crippen molar-refractivity contribution in [3.05, 3.63) is 94.0 Å². The van der Waals surface area contributed by atoms with Crippen molar-refractivity contribution in [3.63, 3.8) is 0 Å². The zero-order valence-electron chi connectivity index (χ0n) is 20.5. The van der Waals surface area contributed by atoms with Crippen LogP contribution in [0.5, 0.6) is 0 Å². The van der Waals surface area contributed by atoms with E-state index in [9.17, 15) is 4.79 Å². The summed E-state index contributed by atoms with van der Waals surface area (Å²) in [5.74, 6) is 0.450. The Morgan fingerprint density at radius 3 is 2.50 bits per heavy atom. The van der Waals surface area contributed by atoms with Gasteiger partial charge in [-0.2, -0.15) is 0 Å². The number of nitrogen functional groups attached to an aromatic ring is 1. The summed E-state index contributed by atoms with van der Waals surface area (Å²) in [6.07, 6.45) is 4.95. The first-order valence-corrected chi connectivity index (χ1v) is 13.8. The van der Waals surface area contributed by atoms with Crippen LogP contribution < -0.4 is 11.1 Å². The van der Waals surface area contributed by atoms with Gasteiger partial charge < -0.3 is 11.1 Å². The molecule has 6 heteroatoms. The number of aromatic nitrogens is 1. The molecule has 1 atom stereocenters. The van der Waals surface area contributed by atoms with Crippen LogP contribution in [0.2, 0.25) is 0 Å². The number of nitrogens with one attached hydrogen (secondary N) is 1. The molecule has 1 aliphatic heterocycles. The van der Waals surface area contributed by atoms with Crippen LogP contribution >= 0.6 is 11.3 Å². The van der Waals surface area contributed by atoms with Crippen LogP contribution in [0.4, 0.5) is 5.69 Å². The number of piperidine rings is 1. The molecule has 0 radical (unpaired) electrons. The molecular weight excluding hydrogens is 464 g/mol. The summed E-state index contributed by atoms with van der Waals surface area (Å²) in [4.78, 5) is 22.1. The Morgan fingerprint density at radius 1 is 1.03 bits per heavy atom. The molecule has 1 fully saturated rings. The highest BCUT2D eigenvalue weighted by molar-refractivity contribution is 7.21. The Labute approximate surface area is 216 Å². The van der Waals surface area contributed by atoms with Gasteiger partial charge in [0.25, 0.3) is 5.91 Å². The summed E-state index contributed by atoms with van der Waals surface area (Å²) in [5, 5.41) is 4.18. The van der Waals surface area contributed by atoms with Crippen LogP contribution in [-0.4, -0.2) is 34.9 Å². The molecule has 1 amide bonds. The van der Waals surface area contributed by atoms with Crippen LogP contribution in [0.3, 0.4) is 0 Å². The minimum absolute atomic E-state index is 0.0582. The number of aryl methyl sites for hydroxylation is 1. The summed E-state index contributed by atoms with van der Waals surface area (Å²) in [7, 11) is 0. The fourth-order valence-electron chi connectivity index (χ4n) is 5.70. The van der Waals surface area contributed by atoms with Crippen LogP contribution in [-0.2, 0) is 19.4 Å². The first kappa shape index (κ1) is 23.2. The number of hydrogen-bond donors (Lipinski definition) is 2. The number of fused-ring (bicyclic) bond motifs is 2. The molecule has 1 saturated heterocycles. The second kappa shape index (κ2) is 10.0. The van der Waals surface area contributed by atoms with E-state index < -0.39 is 0 Å². The van der Waals surface area contributed by atoms with Crippen molar-refractivity contribution >= 4 is 33.1 Å². The van der Waals surface area contributed by atoms with Gasteiger partial charge in [0, 0.05) is 36.8 Å². The zero-order valence-corrected chi connectivity index (χ0v) is 21.3. The fourth-order valence-corrected chi connectivity index (χ4v) is 6.70. The largest absolute Gasteiger partial charge is 0.397 e. The third kappa shape index (κ3) is 4.75. The third-order valence-corrected chi connectivity index (χ3v) is 8.85. The molecule has 0 saturated carbocycles. The Hall–Kier alpha value is -3.22. The quantitative estimate of drug-likeness (QED) is 0.380. The molecule has 3 N–H and O–H groups in total. The van der Waals surface area contributed by atoms with Gasteiger partial charge in [-0.1, -0.05) is 60.7 Å². The van der Waals surface area contributed by atoms with Crippen molar-refractivity contribution in [2.75, 3.05) is 18.8 Å². The van der Waals surface area contributed by atoms with Crippen molar-refractivity contribution in [3.8, 4) is 0 Å². The van der Waals surface area contributed by atoms with Gasteiger partial charge in [-0.25, -0.2) is 4.98 Å². The van der Waals surface area contributed by atoms with Gasteiger partial charge in [0.05, 0.1) is 5.69 Å². The highest BCUT2D eigenvalue weighted by Crippen LogP contribution is 2.38. The number of benzene rings is 2. The van der Waals surface area contributed by atoms with Gasteiger partial charge in [0.15, 0.2) is 0 Å². The smallest absolute Gasteiger partial charge is 0.263 e. The van der Waals surface area contributed by atoms with Crippen molar-refractivity contribution in [1.82, 2.24) is 15.2 Å². The maximum Gasteiger partial charge on any atom is 0.263 e. The summed E-state index contributed by atoms with van der Waals surface area (Å²) in [6, 6.07) is 23.7. The Kier molecular flexibility index (Phi) is 6.46. The molecule has 3 heterocycles. The van der Waals surface area contributed by atoms with Crippen LogP contribution in [0.1, 0.15) is 57.2 Å². The molecule has 2 aromatic carbocycles. The molecular formula is C30H32N4OS. The lowest BCUT2D eigenvalue weighted by Gasteiger charge is -2.32. The van der Waals surface area contributed by atoms with Crippen molar-refractivity contribution in [2.45, 2.75) is 50.6 Å². The number of carbonyl (C=O) groups is 1. The first-order chi connectivity index (χ1) is 17.6. The molecule has 0 bridgehead atoms. The van der Waals surface area contributed by atoms with Crippen molar-refractivity contribution < 1.29 is 4.79 Å². The number of carbonyl (C=O) groups excluding carboxylic acids is 1. The highest BCUT2D eigenvalue weighted by Gasteiger charge is 2.26. The number of pyridine rings is 1. The average Bonchev–Trinajstić information content (AvgIpc) is 3.24. The normalized spacial score (nSPS) is 18.7. The second-order valence-corrected chi connectivity index (χ2v) is 11.2. The molecule has 2 aromatic heterocycles. The molecule has 0 spiro atoms. The van der Waals surface area contributed by atoms with Gasteiger partial charge in [-0.05, 0) is 60.8 Å². The SMILES string of the molecule is Nc1c(C(=O)NC2CCN(Cc3ccccc3)CC2)sc2nc3c(cc12)C[C@H](c1ccccc1)CC3. The molecule has 2 aliphatic rings. The van der Waals surface area contributed by atoms with E-state index in [-0.39, 0.29) is 11.9 Å². The average molecular weight is 497 g/mol. The number of anilines is 1. The van der Waals surface area contributed by atoms with E-state index in [2.05, 4.69) is 76.9 Å². The van der Waals surface area contributed by atoms with Gasteiger partial charge in [-0.15, -0.1) is 11.3 Å². The van der Waals surface area contributed by atoms with E-state index in [4.69, 9.17) is 10.7 Å². The number of hydrogen-bond acceptors (Lipinski definition) is 5. The number of likely N-dealkylation sites (tertiary alicyclic amines) is 1. The summed E-state index contributed by atoms with van der Waals surface area (Å²) < 4.78 is 0. The third-order valence-electron chi connectivity index (χ3n) is 7.73. The van der Waals surface area contributed by atoms with E-state index in [1.54, 1.807) is 0 Å². The second-order valence-electron chi connectivity index (χ2n) is 10.2. The van der Waals surface area contributed by atoms with Crippen molar-refractivity contribution in [2.24, 2.45) is 0 Å². The molecule has 4 aromatic rings. The van der Waals surface area contributed by atoms with Crippen LogP contribution in [0, 0.1) is 0 Å². The number of nitrogens with zero attached hydrogens (tertiary/aromatic N) is 2. The lowest BCUT2D eigenvalue weighted by molar-refractivity contribution is 0.0914. The van der Waals surface area contributed by atoms with Gasteiger partial charge in [-0.3, -0.25) is 9.69 Å². The van der Waals surface area contributed by atoms with Gasteiger partial charge in [0.2, 0.25) is 0 Å². The monoisotopic (exact) mass is 496 g/mol. The fraction of sp³-hybridized carbons (Fsp3) is 0.333. The van der Waals surface area contributed by atoms with Crippen LogP contribution in [0.15, 0.2) is 66.7 Å². The van der Waals surface area contributed by atoms with E-state index in [1.165, 1.54) is 28.0 Å². The van der Waals surface area contributed by atoms with E-state index in [0.717, 1.165) is 67.6 Å². The standard InChI is InChI=1S/C30H32N4OS/c31-27-25-18-23-17-22(21-9-5-2-6-10-21)11-12-26(23)33-30(25)36-28(27)29(35)32-24-13-15-34(16-14-24)19-20-7-3-1-4-8-20/h1-10,18,22,24H,11-17,19,31H2,(H,32,35)/t22-/m1/s1. The molecule has 184 valence electrons. The maximum absolute atomic E-state index is 13.2. The number of nitrogens with two attached hydrogens (primary N) is 1. The van der Waals surface area contributed by atoms with Crippen molar-refractivity contribution in [1.29, 1.82) is 0 Å². The maximum atomic E-state index is 13.2. The molecule has 0 unspecified atom stereocenters. The predicted molar refractivity (Wildman–Crippen MR) is 147 cm³/mol. The van der Waals surface area contributed by atoms with Gasteiger partial charge in [0.1, 0.15) is 9.71 Å². The molecule has 6 rings (SSSR count). The summed E-state index contributed by atoms with van der Waals surface area (Å²) in [6.45, 7) is 2.93. The predicted octanol–water partition coefficient (Wildman–Crippen LogP) is 5.55. The Bertz CT molecular complexity index is 1360. The topological polar surface area (TPSA) is 71.2 Å². The zero-order chi connectivity index (χ0) is 24.5. The lowest BCUT2D eigenvalue weighted by atomic mass is 9.82. The van der Waals surface area contributed by atoms with E-state index in [0.29, 0.717) is 16.5 Å². The van der Waals surface area contributed by atoms with E-state index >= 15 is 0 Å². The number of amides is 1. The minimum atomic E-state index is -0.0582. The summed E-state index contributed by atoms with van der Waals surface area (Å²) >= 11 is 1.43. The highest BCUT2D eigenvalue weighted by atomic mass is 32.1. The minimum Gasteiger partial charge on any atom is -0.397 e. The Balaban J connectivity index is 1.13. The molecule has 1 aliphatic carbocycles. The lowest BCUT2D eigenvalue weighted by Crippen LogP contribution is -2.44. The Morgan fingerprint density at radius 2 is 1.75 bits per heavy atom. The van der Waals surface area contributed by atoms with Crippen LogP contribution in [0.25, 0.3) is 10.2 Å². The summed E-state index contributed by atoms with van der Waals surface area (Å²) in [5.41, 5.74) is 12.3.